The number of rotatable bonds is 2. The fraction of sp³-hybridized carbons (Fsp3) is 0.158. The van der Waals surface area contributed by atoms with Crippen LogP contribution < -0.4 is 15.5 Å². The van der Waals surface area contributed by atoms with E-state index in [2.05, 4.69) is 9.97 Å². The quantitative estimate of drug-likeness (QED) is 0.755. The summed E-state index contributed by atoms with van der Waals surface area (Å²) in [7, 11) is 0. The van der Waals surface area contributed by atoms with Crippen LogP contribution in [-0.2, 0) is 0 Å². The predicted molar refractivity (Wildman–Crippen MR) is 97.9 cm³/mol. The molecule has 126 valence electrons. The Balaban J connectivity index is 1.92. The maximum atomic E-state index is 13.0. The van der Waals surface area contributed by atoms with E-state index in [4.69, 9.17) is 5.73 Å². The van der Waals surface area contributed by atoms with Gasteiger partial charge in [0, 0.05) is 5.69 Å². The summed E-state index contributed by atoms with van der Waals surface area (Å²) in [4.78, 5) is 23.9. The summed E-state index contributed by atoms with van der Waals surface area (Å²) >= 11 is 0. The lowest BCUT2D eigenvalue weighted by Gasteiger charge is -2.42. The summed E-state index contributed by atoms with van der Waals surface area (Å²) < 4.78 is 0. The van der Waals surface area contributed by atoms with Crippen LogP contribution in [0.3, 0.4) is 0 Å². The maximum absolute atomic E-state index is 13.0. The molecule has 4 rings (SSSR count). The summed E-state index contributed by atoms with van der Waals surface area (Å²) in [6.07, 6.45) is 0.852. The Morgan fingerprint density at radius 3 is 2.12 bits per heavy atom. The van der Waals surface area contributed by atoms with Crippen molar-refractivity contribution >= 4 is 23.1 Å². The highest BCUT2D eigenvalue weighted by Crippen LogP contribution is 2.37. The number of carbonyl (C=O) groups is 1. The van der Waals surface area contributed by atoms with Gasteiger partial charge in [-0.05, 0) is 37.1 Å². The molecule has 6 heteroatoms. The average molecular weight is 333 g/mol. The van der Waals surface area contributed by atoms with Gasteiger partial charge in [-0.3, -0.25) is 20.3 Å². The molecule has 0 aliphatic carbocycles. The smallest absolute Gasteiger partial charge is 0.283 e. The molecule has 0 fully saturated rings. The Morgan fingerprint density at radius 2 is 1.52 bits per heavy atom. The van der Waals surface area contributed by atoms with E-state index >= 15 is 0 Å². The van der Waals surface area contributed by atoms with Crippen molar-refractivity contribution in [1.82, 2.24) is 9.97 Å². The van der Waals surface area contributed by atoms with Gasteiger partial charge < -0.3 is 4.98 Å². The van der Waals surface area contributed by atoms with Crippen LogP contribution in [0.15, 0.2) is 54.9 Å². The Hall–Kier alpha value is -3.12. The lowest BCUT2D eigenvalue weighted by molar-refractivity contribution is 0.0967. The number of aryl methyl sites for hydroxylation is 2. The van der Waals surface area contributed by atoms with E-state index in [-0.39, 0.29) is 5.91 Å². The molecule has 0 bridgehead atoms. The summed E-state index contributed by atoms with van der Waals surface area (Å²) in [6.45, 7) is 3.99. The first-order valence-corrected chi connectivity index (χ1v) is 8.12. The molecule has 1 aliphatic heterocycles. The zero-order valence-corrected chi connectivity index (χ0v) is 14.1. The van der Waals surface area contributed by atoms with Crippen LogP contribution in [0, 0.1) is 13.8 Å². The number of carbonyl (C=O) groups excluding carboxylic acids is 1. The summed E-state index contributed by atoms with van der Waals surface area (Å²) in [5.41, 5.74) is 10.7. The van der Waals surface area contributed by atoms with Crippen molar-refractivity contribution in [2.45, 2.75) is 20.1 Å². The SMILES string of the molecule is Cc1ccccc1N1C(=O)c2nc[nH]c2N(c2ccccc2C)C1N. The van der Waals surface area contributed by atoms with E-state index in [9.17, 15) is 4.79 Å². The Bertz CT molecular complexity index is 948. The summed E-state index contributed by atoms with van der Waals surface area (Å²) in [6, 6.07) is 15.7. The molecule has 0 spiro atoms. The minimum atomic E-state index is -0.678. The highest BCUT2D eigenvalue weighted by molar-refractivity contribution is 6.11. The lowest BCUT2D eigenvalue weighted by Crippen LogP contribution is -2.59. The number of hydrogen-bond acceptors (Lipinski definition) is 4. The minimum absolute atomic E-state index is 0.206. The van der Waals surface area contributed by atoms with Crippen molar-refractivity contribution in [3.05, 3.63) is 71.7 Å². The number of anilines is 3. The molecule has 1 aromatic heterocycles. The van der Waals surface area contributed by atoms with Crippen LogP contribution in [0.2, 0.25) is 0 Å². The number of fused-ring (bicyclic) bond motifs is 1. The predicted octanol–water partition coefficient (Wildman–Crippen LogP) is 3.07. The molecule has 1 atom stereocenters. The van der Waals surface area contributed by atoms with Crippen LogP contribution in [0.1, 0.15) is 21.6 Å². The molecule has 25 heavy (non-hydrogen) atoms. The summed E-state index contributed by atoms with van der Waals surface area (Å²) in [5.74, 6) is 0.416. The van der Waals surface area contributed by atoms with Gasteiger partial charge in [-0.1, -0.05) is 36.4 Å². The number of nitrogens with zero attached hydrogens (tertiary/aromatic N) is 3. The van der Waals surface area contributed by atoms with Gasteiger partial charge in [-0.2, -0.15) is 0 Å². The molecule has 1 aliphatic rings. The van der Waals surface area contributed by atoms with Gasteiger partial charge in [0.25, 0.3) is 5.91 Å². The van der Waals surface area contributed by atoms with E-state index < -0.39 is 6.29 Å². The first kappa shape index (κ1) is 15.4. The molecule has 2 heterocycles. The van der Waals surface area contributed by atoms with Gasteiger partial charge in [0.1, 0.15) is 5.82 Å². The van der Waals surface area contributed by atoms with Crippen LogP contribution in [-0.4, -0.2) is 22.2 Å². The lowest BCUT2D eigenvalue weighted by atomic mass is 10.1. The molecule has 6 nitrogen and oxygen atoms in total. The standard InChI is InChI=1S/C19H19N5O/c1-12-7-3-5-9-14(12)23-17-16(21-11-22-17)18(25)24(19(23)20)15-10-6-4-8-13(15)2/h3-11,19H,20H2,1-2H3,(H,21,22). The largest absolute Gasteiger partial charge is 0.330 e. The Morgan fingerprint density at radius 1 is 0.960 bits per heavy atom. The van der Waals surface area contributed by atoms with Gasteiger partial charge >= 0.3 is 0 Å². The van der Waals surface area contributed by atoms with Gasteiger partial charge in [-0.15, -0.1) is 0 Å². The molecule has 1 amide bonds. The normalized spacial score (nSPS) is 16.9. The van der Waals surface area contributed by atoms with Gasteiger partial charge in [0.2, 0.25) is 0 Å². The van der Waals surface area contributed by atoms with Gasteiger partial charge in [0.05, 0.1) is 12.0 Å². The van der Waals surface area contributed by atoms with Crippen molar-refractivity contribution in [2.75, 3.05) is 9.80 Å². The van der Waals surface area contributed by atoms with E-state index in [1.54, 1.807) is 4.90 Å². The molecule has 1 unspecified atom stereocenters. The number of imidazole rings is 1. The van der Waals surface area contributed by atoms with Gasteiger partial charge in [-0.25, -0.2) is 4.98 Å². The molecule has 3 N–H and O–H groups in total. The molecule has 2 aromatic carbocycles. The number of para-hydroxylation sites is 2. The summed E-state index contributed by atoms with van der Waals surface area (Å²) in [5, 5.41) is 0. The molecule has 0 saturated carbocycles. The van der Waals surface area contributed by atoms with E-state index in [1.165, 1.54) is 6.33 Å². The Labute approximate surface area is 145 Å². The van der Waals surface area contributed by atoms with Crippen LogP contribution in [0.25, 0.3) is 0 Å². The highest BCUT2D eigenvalue weighted by atomic mass is 16.2. The van der Waals surface area contributed by atoms with Crippen molar-refractivity contribution in [3.8, 4) is 0 Å². The van der Waals surface area contributed by atoms with Crippen LogP contribution in [0.4, 0.5) is 17.2 Å². The first-order chi connectivity index (χ1) is 12.1. The van der Waals surface area contributed by atoms with E-state index in [1.807, 2.05) is 67.3 Å². The molecular formula is C19H19N5O. The zero-order valence-electron chi connectivity index (χ0n) is 14.1. The van der Waals surface area contributed by atoms with Crippen molar-refractivity contribution in [2.24, 2.45) is 5.73 Å². The molecule has 0 saturated heterocycles. The number of nitrogens with one attached hydrogen (secondary N) is 1. The van der Waals surface area contributed by atoms with Crippen LogP contribution in [0.5, 0.6) is 0 Å². The number of benzene rings is 2. The second-order valence-electron chi connectivity index (χ2n) is 6.13. The topological polar surface area (TPSA) is 78.2 Å². The molecule has 0 radical (unpaired) electrons. The fourth-order valence-electron chi connectivity index (χ4n) is 3.29. The third kappa shape index (κ3) is 2.30. The number of H-pyrrole nitrogens is 1. The third-order valence-corrected chi connectivity index (χ3v) is 4.56. The zero-order chi connectivity index (χ0) is 17.6. The number of aromatic amines is 1. The van der Waals surface area contributed by atoms with Gasteiger partial charge in [0.15, 0.2) is 12.0 Å². The van der Waals surface area contributed by atoms with Crippen LogP contribution >= 0.6 is 0 Å². The molecular weight excluding hydrogens is 314 g/mol. The molecule has 3 aromatic rings. The monoisotopic (exact) mass is 333 g/mol. The number of hydrogen-bond donors (Lipinski definition) is 2. The second kappa shape index (κ2) is 5.75. The first-order valence-electron chi connectivity index (χ1n) is 8.12. The highest BCUT2D eigenvalue weighted by Gasteiger charge is 2.40. The number of nitrogens with two attached hydrogens (primary N) is 1. The van der Waals surface area contributed by atoms with Crippen molar-refractivity contribution in [1.29, 1.82) is 0 Å². The van der Waals surface area contributed by atoms with E-state index in [0.29, 0.717) is 11.5 Å². The minimum Gasteiger partial charge on any atom is -0.330 e. The maximum Gasteiger partial charge on any atom is 0.283 e. The number of aromatic nitrogens is 2. The second-order valence-corrected chi connectivity index (χ2v) is 6.13. The average Bonchev–Trinajstić information content (AvgIpc) is 3.08. The van der Waals surface area contributed by atoms with Crippen molar-refractivity contribution in [3.63, 3.8) is 0 Å². The third-order valence-electron chi connectivity index (χ3n) is 4.56. The van der Waals surface area contributed by atoms with E-state index in [0.717, 1.165) is 22.5 Å². The Kier molecular flexibility index (Phi) is 3.54. The van der Waals surface area contributed by atoms with Crippen molar-refractivity contribution < 1.29 is 4.79 Å². The number of amides is 1. The fourth-order valence-corrected chi connectivity index (χ4v) is 3.29.